The number of ether oxygens (including phenoxy) is 9. The molecule has 3 fully saturated rings. The number of aromatic nitrogens is 1. The molecular formula is C86H97Cl2F3N12O30. The number of carboxylic acid groups (broad SMARTS) is 1. The zero-order chi connectivity index (χ0) is 96.8. The lowest BCUT2D eigenvalue weighted by atomic mass is 9.86. The third kappa shape index (κ3) is 23.5. The number of phenolic OH excluding ortho intramolecular Hbond substituents is 3. The minimum Gasteiger partial charge on any atom is -0.508 e. The fraction of sp³-hybridized carbons (Fsp3) is 0.419. The van der Waals surface area contributed by atoms with Crippen molar-refractivity contribution >= 4 is 76.4 Å². The third-order valence-electron chi connectivity index (χ3n) is 22.4. The Labute approximate surface area is 763 Å². The molecule has 3 saturated heterocycles. The number of allylic oxidation sites excluding steroid dienone is 3. The number of rotatable bonds is 24. The number of primary amides is 1. The van der Waals surface area contributed by atoms with Gasteiger partial charge in [0.25, 0.3) is 5.91 Å². The molecular weight excluding hydrogens is 1810 g/mol. The van der Waals surface area contributed by atoms with E-state index in [2.05, 4.69) is 64.2 Å². The van der Waals surface area contributed by atoms with Crippen molar-refractivity contribution in [1.29, 1.82) is 0 Å². The van der Waals surface area contributed by atoms with E-state index in [-0.39, 0.29) is 42.1 Å². The van der Waals surface area contributed by atoms with Gasteiger partial charge in [-0.05, 0) is 134 Å². The first kappa shape index (κ1) is 100. The van der Waals surface area contributed by atoms with Gasteiger partial charge in [0.05, 0.1) is 46.9 Å². The number of hydrogen-bond donors (Lipinski definition) is 23. The number of alkyl halides is 3. The lowest BCUT2D eigenvalue weighted by Gasteiger charge is -2.46. The third-order valence-corrected chi connectivity index (χ3v) is 23.0. The number of fused-ring (bicyclic) bond motifs is 15. The van der Waals surface area contributed by atoms with Crippen LogP contribution in [0.2, 0.25) is 10.0 Å². The molecule has 47 heteroatoms. The quantitative estimate of drug-likeness (QED) is 0.0296. The van der Waals surface area contributed by atoms with Gasteiger partial charge in [-0.3, -0.25) is 43.3 Å². The highest BCUT2D eigenvalue weighted by molar-refractivity contribution is 6.32. The number of hydrogen-bond acceptors (Lipinski definition) is 33. The number of phenols is 3. The first-order chi connectivity index (χ1) is 62.8. The van der Waals surface area contributed by atoms with Gasteiger partial charge in [0, 0.05) is 66.4 Å². The van der Waals surface area contributed by atoms with Gasteiger partial charge in [-0.2, -0.15) is 0 Å². The van der Waals surface area contributed by atoms with Crippen molar-refractivity contribution in [3.05, 3.63) is 183 Å². The molecule has 6 aromatic rings. The van der Waals surface area contributed by atoms with Gasteiger partial charge in [0.1, 0.15) is 126 Å². The number of nitrogens with one attached hydrogen (secondary N) is 9. The molecule has 8 aliphatic heterocycles. The number of amides is 8. The van der Waals surface area contributed by atoms with Crippen LogP contribution in [0, 0.1) is 5.92 Å². The second kappa shape index (κ2) is 42.1. The van der Waals surface area contributed by atoms with Gasteiger partial charge in [0.2, 0.25) is 53.4 Å². The number of aliphatic carboxylic acids is 1. The average Bonchev–Trinajstić information content (AvgIpc) is 0.762. The van der Waals surface area contributed by atoms with E-state index in [1.165, 1.54) is 51.5 Å². The van der Waals surface area contributed by atoms with E-state index in [1.54, 1.807) is 13.8 Å². The topological polar surface area (TPSA) is 653 Å². The average molecular weight is 1910 g/mol. The molecule has 8 aliphatic rings. The Balaban J connectivity index is 0.979. The molecule has 11 bridgehead atoms. The highest BCUT2D eigenvalue weighted by Crippen LogP contribution is 2.51. The molecule has 42 nitrogen and oxygen atoms in total. The maximum absolute atomic E-state index is 16.5. The zero-order valence-electron chi connectivity index (χ0n) is 71.0. The summed E-state index contributed by atoms with van der Waals surface area (Å²) < 4.78 is 92.2. The standard InChI is InChI=1S/C86H97Cl2F3N12O30/c1-33(2)17-47(94-6)76(117)102-63-65(109)38-11-14-51(45(87)20-38)126-53-22-40-23-54(72(53)131-84-70(114)68(112)73(56(32-104)129-84)132-83-69(113)67(111)66(110)55(128-83)31-96-29-36-18-41(30-95-28-36)75(116)97-16-8-7-9-34(3)133-86(89,90)91)127-52-15-12-39(21-46(52)88)71(130-58-27-85(5,93)74(115)35(4)125-58)64-81(122)101-62(82(123)124)44-24-42(105)25-50(107)59(44)43-19-37(10-13-49(43)106)60(78(119)103-64)100-79(120)61(40)99-77(118)48(26-57(92)108)98-80(63)121/h7-16,18-25,28,30,33,35,47-48,55-56,58,60-71,73-74,83-84,94,96,104-107,109-115H,3,17,26-27,29,31-32,93H2,1-2,4-6H3,(H2,92,108)(H,97,116)(H,98,121)(H,99,118)(H,100,120)(H,101,122)(H,102,117)(H,103,119)(H,123,124)/b9-7-,16-8+/t35-,47+,48?,55+,56+,58-,60+,61+,62?,63?,64-,65+,66-,67-,68+,69+,70+,71+,73+,74-,83-,84-,85-/m0/s1. The second-order valence-corrected chi connectivity index (χ2v) is 33.6. The Bertz CT molecular complexity index is 5470. The first-order valence-corrected chi connectivity index (χ1v) is 41.9. The number of carboxylic acids is 1. The predicted molar refractivity (Wildman–Crippen MR) is 453 cm³/mol. The SMILES string of the molecule is C=C(/C=C\C=C\NC(=O)c1cncc(CNC[C@H]2O[C@@H](O[C@H]3[C@H](O)[C@@H](O)[C@H](Oc4c5cc6cc4Oc4ccc(cc4Cl)[C@@H](O[C@H]4C[C@](C)(N)[C@@H](O)[C@H](C)O4)[C@@H]4NC(=O)[C@H](NC(=O)[C@@H]6NC(=O)C(CC(N)=O)NC(=O)C(NC(=O)[C@@H](CC(C)C)NC)[C@H](O)c6ccc(c(Cl)c6)O5)c5ccc(O)c(c5)-c5c(O)cc(O)cc5C(C(=O)O)NC4=O)O[C@@H]3CO)[C@H](O)[C@@H](O)[C@H]2O)c1)OC(F)(F)F. The molecule has 0 spiro atoms. The van der Waals surface area contributed by atoms with Crippen LogP contribution >= 0.6 is 23.2 Å². The minimum absolute atomic E-state index is 0.00525. The Morgan fingerprint density at radius 3 is 1.99 bits per heavy atom. The summed E-state index contributed by atoms with van der Waals surface area (Å²) in [5.41, 5.74) is 8.12. The number of aliphatic hydroxyl groups excluding tert-OH is 8. The van der Waals surface area contributed by atoms with E-state index in [0.717, 1.165) is 91.1 Å². The summed E-state index contributed by atoms with van der Waals surface area (Å²) in [7, 11) is 1.44. The van der Waals surface area contributed by atoms with E-state index in [4.69, 9.17) is 72.6 Å². The normalized spacial score (nSPS) is 28.8. The minimum atomic E-state index is -4.98. The fourth-order valence-electron chi connectivity index (χ4n) is 15.7. The molecule has 133 heavy (non-hydrogen) atoms. The highest BCUT2D eigenvalue weighted by Gasteiger charge is 2.53. The Hall–Kier alpha value is -12.0. The summed E-state index contributed by atoms with van der Waals surface area (Å²) in [6.45, 7) is 7.91. The Morgan fingerprint density at radius 2 is 1.35 bits per heavy atom. The smallest absolute Gasteiger partial charge is 0.508 e. The van der Waals surface area contributed by atoms with E-state index in [0.29, 0.717) is 5.56 Å². The Morgan fingerprint density at radius 1 is 0.714 bits per heavy atom. The van der Waals surface area contributed by atoms with Gasteiger partial charge >= 0.3 is 12.3 Å². The van der Waals surface area contributed by atoms with Gasteiger partial charge < -0.3 is 163 Å². The number of benzene rings is 5. The predicted octanol–water partition coefficient (Wildman–Crippen LogP) is 0.973. The van der Waals surface area contributed by atoms with Crippen molar-refractivity contribution in [3.8, 4) is 57.1 Å². The largest absolute Gasteiger partial charge is 0.573 e. The zero-order valence-corrected chi connectivity index (χ0v) is 72.5. The monoisotopic (exact) mass is 1900 g/mol. The Kier molecular flexibility index (Phi) is 31.6. The van der Waals surface area contributed by atoms with Crippen LogP contribution in [0.1, 0.15) is 121 Å². The molecule has 8 amide bonds. The number of aromatic hydroxyl groups is 3. The van der Waals surface area contributed by atoms with Gasteiger partial charge in [-0.1, -0.05) is 67.9 Å². The summed E-state index contributed by atoms with van der Waals surface area (Å²) in [4.78, 5) is 137. The van der Waals surface area contributed by atoms with Crippen molar-refractivity contribution in [2.24, 2.45) is 17.4 Å². The number of nitrogens with two attached hydrogens (primary N) is 2. The molecule has 0 saturated carbocycles. The molecule has 716 valence electrons. The van der Waals surface area contributed by atoms with Crippen molar-refractivity contribution in [1.82, 2.24) is 52.8 Å². The molecule has 0 aliphatic carbocycles. The molecule has 3 unspecified atom stereocenters. The van der Waals surface area contributed by atoms with Crippen LogP contribution in [0.4, 0.5) is 13.2 Å². The number of nitrogens with zero attached hydrogens (tertiary/aromatic N) is 1. The van der Waals surface area contributed by atoms with Gasteiger partial charge in [-0.15, -0.1) is 13.2 Å². The molecule has 1 aromatic heterocycles. The molecule has 0 radical (unpaired) electrons. The number of pyridine rings is 1. The number of likely N-dealkylation sites (N-methyl/N-ethyl adjacent to an activating group) is 1. The molecule has 9 heterocycles. The van der Waals surface area contributed by atoms with Crippen molar-refractivity contribution < 1.29 is 160 Å². The van der Waals surface area contributed by atoms with E-state index in [9.17, 15) is 93.6 Å². The van der Waals surface area contributed by atoms with Crippen molar-refractivity contribution in [3.63, 3.8) is 0 Å². The summed E-state index contributed by atoms with van der Waals surface area (Å²) in [6.07, 6.45) is -28.5. The number of carbonyl (C=O) groups is 9. The summed E-state index contributed by atoms with van der Waals surface area (Å²) in [5, 5.41) is 161. The van der Waals surface area contributed by atoms with E-state index >= 15 is 24.0 Å². The number of carbonyl (C=O) groups excluding carboxylic acids is 8. The summed E-state index contributed by atoms with van der Waals surface area (Å²) in [5.74, 6) is -18.6. The second-order valence-electron chi connectivity index (χ2n) is 32.8. The van der Waals surface area contributed by atoms with Gasteiger partial charge in [0.15, 0.2) is 30.1 Å². The fourth-order valence-corrected chi connectivity index (χ4v) is 16.1. The van der Waals surface area contributed by atoms with Crippen LogP contribution in [-0.4, -0.2) is 256 Å². The van der Waals surface area contributed by atoms with Crippen LogP contribution < -0.4 is 73.5 Å². The summed E-state index contributed by atoms with van der Waals surface area (Å²) in [6, 6.07) is -0.189. The van der Waals surface area contributed by atoms with Crippen molar-refractivity contribution in [2.75, 3.05) is 20.2 Å². The van der Waals surface area contributed by atoms with Gasteiger partial charge in [-0.25, -0.2) is 4.79 Å². The van der Waals surface area contributed by atoms with E-state index in [1.807, 2.05) is 0 Å². The van der Waals surface area contributed by atoms with Crippen LogP contribution in [0.3, 0.4) is 0 Å². The first-order valence-electron chi connectivity index (χ1n) is 41.2. The van der Waals surface area contributed by atoms with Crippen LogP contribution in [-0.2, 0) is 73.3 Å². The molecule has 5 aromatic carbocycles. The molecule has 23 atom stereocenters. The molecule has 14 rings (SSSR count). The van der Waals surface area contributed by atoms with Crippen LogP contribution in [0.25, 0.3) is 11.1 Å². The summed E-state index contributed by atoms with van der Waals surface area (Å²) >= 11 is 14.5. The van der Waals surface area contributed by atoms with Crippen LogP contribution in [0.5, 0.6) is 46.0 Å². The van der Waals surface area contributed by atoms with Crippen LogP contribution in [0.15, 0.2) is 134 Å². The number of aliphatic hydroxyl groups is 8. The highest BCUT2D eigenvalue weighted by atomic mass is 35.5. The van der Waals surface area contributed by atoms with E-state index < -0.39 is 309 Å². The van der Waals surface area contributed by atoms with Crippen molar-refractivity contribution in [2.45, 2.75) is 200 Å². The molecule has 25 N–H and O–H groups in total. The lowest BCUT2D eigenvalue weighted by molar-refractivity contribution is -0.350. The number of halogens is 5. The maximum Gasteiger partial charge on any atom is 0.573 e. The lowest BCUT2D eigenvalue weighted by Crippen LogP contribution is -2.65. The maximum atomic E-state index is 16.5.